The van der Waals surface area contributed by atoms with Gasteiger partial charge in [0, 0.05) is 30.8 Å². The van der Waals surface area contributed by atoms with Gasteiger partial charge >= 0.3 is 0 Å². The molecule has 0 radical (unpaired) electrons. The van der Waals surface area contributed by atoms with E-state index in [0.29, 0.717) is 18.4 Å². The van der Waals surface area contributed by atoms with Gasteiger partial charge in [-0.15, -0.1) is 4.72 Å². The van der Waals surface area contributed by atoms with Crippen molar-refractivity contribution in [1.82, 2.24) is 4.72 Å². The number of halogens is 2. The van der Waals surface area contributed by atoms with Gasteiger partial charge in [-0.2, -0.15) is 5.26 Å². The van der Waals surface area contributed by atoms with Gasteiger partial charge in [-0.3, -0.25) is 0 Å². The first-order valence-electron chi connectivity index (χ1n) is 9.22. The van der Waals surface area contributed by atoms with Crippen LogP contribution in [0, 0.1) is 23.2 Å². The van der Waals surface area contributed by atoms with Gasteiger partial charge in [-0.25, -0.2) is 8.78 Å². The van der Waals surface area contributed by atoms with Crippen molar-refractivity contribution in [3.05, 3.63) is 35.4 Å². The molecule has 150 valence electrons. The summed E-state index contributed by atoms with van der Waals surface area (Å²) in [6, 6.07) is 8.77. The van der Waals surface area contributed by atoms with E-state index in [1.165, 1.54) is 0 Å². The van der Waals surface area contributed by atoms with Crippen LogP contribution in [0.3, 0.4) is 0 Å². The summed E-state index contributed by atoms with van der Waals surface area (Å²) in [5.74, 6) is -2.83. The third kappa shape index (κ3) is 6.15. The Kier molecular flexibility index (Phi) is 7.26. The van der Waals surface area contributed by atoms with Crippen LogP contribution in [-0.4, -0.2) is 26.9 Å². The summed E-state index contributed by atoms with van der Waals surface area (Å²) in [5.41, 5.74) is 1.39. The molecule has 0 aromatic heterocycles. The smallest absolute Gasteiger partial charge is 0.248 e. The average Bonchev–Trinajstić information content (AvgIpc) is 2.57. The Labute approximate surface area is 163 Å². The molecule has 1 aromatic carbocycles. The molecular weight excluding hydrogens is 370 g/mol. The third-order valence-corrected chi connectivity index (χ3v) is 6.69. The van der Waals surface area contributed by atoms with E-state index >= 15 is 0 Å². The Hall–Kier alpha value is -1.20. The molecule has 0 amide bonds. The molecule has 4 nitrogen and oxygen atoms in total. The second-order valence-corrected chi connectivity index (χ2v) is 10.3. The molecule has 3 unspecified atom stereocenters. The standard InChI is InChI=1S/C20H28F2N2O2S/c1-19(2,3)27(26)24-18(15-6-4-14(13-23)5-7-15)10-16(8-9-25)17-11-20(21,22)12-17/h4-7,16-18,24-25H,8-12H2,1-3H3. The van der Waals surface area contributed by atoms with E-state index in [1.807, 2.05) is 32.9 Å². The van der Waals surface area contributed by atoms with Crippen molar-refractivity contribution in [2.75, 3.05) is 6.61 Å². The van der Waals surface area contributed by atoms with Crippen molar-refractivity contribution < 1.29 is 18.4 Å². The van der Waals surface area contributed by atoms with Crippen molar-refractivity contribution in [2.45, 2.75) is 63.2 Å². The Morgan fingerprint density at radius 3 is 2.37 bits per heavy atom. The van der Waals surface area contributed by atoms with Crippen molar-refractivity contribution >= 4 is 11.4 Å². The van der Waals surface area contributed by atoms with E-state index in [1.54, 1.807) is 12.1 Å². The normalized spacial score (nSPS) is 20.4. The van der Waals surface area contributed by atoms with E-state index in [-0.39, 0.29) is 37.3 Å². The molecule has 27 heavy (non-hydrogen) atoms. The lowest BCUT2D eigenvalue weighted by atomic mass is 9.69. The maximum atomic E-state index is 13.3. The third-order valence-electron chi connectivity index (χ3n) is 5.07. The molecule has 2 rings (SSSR count). The van der Waals surface area contributed by atoms with Crippen LogP contribution in [0.25, 0.3) is 0 Å². The zero-order valence-electron chi connectivity index (χ0n) is 16.0. The summed E-state index contributed by atoms with van der Waals surface area (Å²) in [6.07, 6.45) is 0.645. The number of nitrogens with zero attached hydrogens (tertiary/aromatic N) is 1. The molecule has 7 heteroatoms. The Morgan fingerprint density at radius 1 is 1.33 bits per heavy atom. The van der Waals surface area contributed by atoms with Crippen LogP contribution >= 0.6 is 0 Å². The molecule has 0 saturated heterocycles. The minimum Gasteiger partial charge on any atom is -0.598 e. The van der Waals surface area contributed by atoms with Crippen LogP contribution in [0.2, 0.25) is 0 Å². The largest absolute Gasteiger partial charge is 0.598 e. The van der Waals surface area contributed by atoms with Crippen LogP contribution < -0.4 is 4.72 Å². The number of hydrogen-bond donors (Lipinski definition) is 2. The first-order valence-corrected chi connectivity index (χ1v) is 10.4. The number of alkyl halides is 2. The Bertz CT molecular complexity index is 647. The number of benzene rings is 1. The van der Waals surface area contributed by atoms with Gasteiger partial charge in [0.2, 0.25) is 5.92 Å². The fourth-order valence-electron chi connectivity index (χ4n) is 3.40. The van der Waals surface area contributed by atoms with E-state index in [9.17, 15) is 18.4 Å². The molecule has 2 N–H and O–H groups in total. The van der Waals surface area contributed by atoms with Crippen molar-refractivity contribution in [3.8, 4) is 6.07 Å². The van der Waals surface area contributed by atoms with Crippen LogP contribution in [-0.2, 0) is 11.4 Å². The van der Waals surface area contributed by atoms with E-state index in [2.05, 4.69) is 10.8 Å². The fraction of sp³-hybridized carbons (Fsp3) is 0.650. The predicted octanol–water partition coefficient (Wildman–Crippen LogP) is 4.09. The summed E-state index contributed by atoms with van der Waals surface area (Å²) in [5, 5.41) is 18.4. The van der Waals surface area contributed by atoms with Gasteiger partial charge in [0.05, 0.1) is 17.7 Å². The number of hydrogen-bond acceptors (Lipinski definition) is 4. The summed E-state index contributed by atoms with van der Waals surface area (Å²) in [6.45, 7) is 5.53. The Morgan fingerprint density at radius 2 is 1.93 bits per heavy atom. The van der Waals surface area contributed by atoms with Crippen LogP contribution in [0.15, 0.2) is 24.3 Å². The van der Waals surface area contributed by atoms with E-state index in [4.69, 9.17) is 5.26 Å². The molecule has 1 aliphatic carbocycles. The van der Waals surface area contributed by atoms with Gasteiger partial charge in [0.15, 0.2) is 0 Å². The minimum atomic E-state index is -2.61. The highest BCUT2D eigenvalue weighted by molar-refractivity contribution is 7.90. The van der Waals surface area contributed by atoms with Crippen LogP contribution in [0.1, 0.15) is 63.6 Å². The van der Waals surface area contributed by atoms with Crippen molar-refractivity contribution in [1.29, 1.82) is 5.26 Å². The molecule has 1 aromatic rings. The fourth-order valence-corrected chi connectivity index (χ4v) is 4.25. The number of nitrogens with one attached hydrogen (secondary N) is 1. The lowest BCUT2D eigenvalue weighted by molar-refractivity contribution is -0.129. The predicted molar refractivity (Wildman–Crippen MR) is 102 cm³/mol. The quantitative estimate of drug-likeness (QED) is 0.647. The second kappa shape index (κ2) is 8.87. The maximum absolute atomic E-state index is 13.3. The first kappa shape index (κ1) is 22.1. The summed E-state index contributed by atoms with van der Waals surface area (Å²) in [4.78, 5) is 0. The molecule has 0 bridgehead atoms. The number of nitriles is 1. The highest BCUT2D eigenvalue weighted by atomic mass is 32.2. The van der Waals surface area contributed by atoms with Gasteiger partial charge in [0.25, 0.3) is 0 Å². The van der Waals surface area contributed by atoms with Gasteiger partial charge in [0.1, 0.15) is 4.75 Å². The monoisotopic (exact) mass is 398 g/mol. The topological polar surface area (TPSA) is 79.1 Å². The molecular formula is C20H28F2N2O2S. The van der Waals surface area contributed by atoms with E-state index in [0.717, 1.165) is 5.56 Å². The zero-order chi connectivity index (χ0) is 20.2. The molecule has 1 fully saturated rings. The van der Waals surface area contributed by atoms with Crippen molar-refractivity contribution in [2.24, 2.45) is 11.8 Å². The molecule has 0 spiro atoms. The Balaban J connectivity index is 2.20. The average molecular weight is 399 g/mol. The summed E-state index contributed by atoms with van der Waals surface area (Å²) >= 11 is -1.33. The lowest BCUT2D eigenvalue weighted by Crippen LogP contribution is -2.44. The first-order chi connectivity index (χ1) is 12.6. The van der Waals surface area contributed by atoms with Crippen LogP contribution in [0.5, 0.6) is 0 Å². The zero-order valence-corrected chi connectivity index (χ0v) is 16.9. The molecule has 1 aliphatic rings. The van der Waals surface area contributed by atoms with Gasteiger partial charge < -0.3 is 9.66 Å². The van der Waals surface area contributed by atoms with Crippen molar-refractivity contribution in [3.63, 3.8) is 0 Å². The minimum absolute atomic E-state index is 0.0603. The molecule has 3 atom stereocenters. The maximum Gasteiger partial charge on any atom is 0.248 e. The lowest BCUT2D eigenvalue weighted by Gasteiger charge is -2.41. The number of aliphatic hydroxyl groups is 1. The highest BCUT2D eigenvalue weighted by Crippen LogP contribution is 2.49. The second-order valence-electron chi connectivity index (χ2n) is 8.32. The van der Waals surface area contributed by atoms with Crippen LogP contribution in [0.4, 0.5) is 8.78 Å². The number of rotatable bonds is 8. The molecule has 1 saturated carbocycles. The summed E-state index contributed by atoms with van der Waals surface area (Å²) < 4.78 is 42.0. The van der Waals surface area contributed by atoms with Gasteiger partial charge in [-0.05, 0) is 63.1 Å². The summed E-state index contributed by atoms with van der Waals surface area (Å²) in [7, 11) is 0. The highest BCUT2D eigenvalue weighted by Gasteiger charge is 2.48. The molecule has 0 heterocycles. The SMILES string of the molecule is CC(C)(C)[S+]([O-])NC(CC(CCO)C1CC(F)(F)C1)c1ccc(C#N)cc1. The van der Waals surface area contributed by atoms with Gasteiger partial charge in [-0.1, -0.05) is 12.1 Å². The molecule has 0 aliphatic heterocycles. The van der Waals surface area contributed by atoms with E-state index < -0.39 is 22.0 Å². The number of aliphatic hydroxyl groups excluding tert-OH is 1.